The fraction of sp³-hybridized carbons (Fsp3) is 0.368. The molecule has 3 rings (SSSR count). The van der Waals surface area contributed by atoms with Crippen molar-refractivity contribution in [2.45, 2.75) is 17.6 Å². The van der Waals surface area contributed by atoms with Gasteiger partial charge in [-0.05, 0) is 37.1 Å². The Kier molecular flexibility index (Phi) is 6.28. The number of ether oxygens (including phenoxy) is 3. The van der Waals surface area contributed by atoms with Gasteiger partial charge in [-0.2, -0.15) is 0 Å². The number of hydrogen-bond donors (Lipinski definition) is 1. The fourth-order valence-electron chi connectivity index (χ4n) is 2.85. The van der Waals surface area contributed by atoms with E-state index < -0.39 is 0 Å². The molecule has 1 aromatic carbocycles. The van der Waals surface area contributed by atoms with Gasteiger partial charge in [0.05, 0.1) is 41.4 Å². The number of rotatable bonds is 7. The summed E-state index contributed by atoms with van der Waals surface area (Å²) in [5.41, 5.74) is 1.94. The van der Waals surface area contributed by atoms with E-state index >= 15 is 0 Å². The molecule has 0 fully saturated rings. The quantitative estimate of drug-likeness (QED) is 0.559. The van der Waals surface area contributed by atoms with E-state index in [1.807, 2.05) is 36.1 Å². The highest BCUT2D eigenvalue weighted by Gasteiger charge is 2.28. The molecule has 1 aliphatic heterocycles. The Bertz CT molecular complexity index is 850. The van der Waals surface area contributed by atoms with Gasteiger partial charge in [0.1, 0.15) is 0 Å². The standard InChI is InChI=1S/C19H22N2O4S2/c1-4-25-18(20)16-10-13-19(27-16)26-11-17(22)21(13)8-7-12-5-6-14(23-2)15(9-12)24-3/h5-6,9-10,20H,4,7-8,11H2,1-3H3. The van der Waals surface area contributed by atoms with Crippen molar-refractivity contribution in [3.8, 4) is 11.5 Å². The maximum absolute atomic E-state index is 12.5. The smallest absolute Gasteiger partial charge is 0.237 e. The molecule has 0 aliphatic carbocycles. The maximum Gasteiger partial charge on any atom is 0.237 e. The first-order chi connectivity index (χ1) is 13.1. The number of methoxy groups -OCH3 is 2. The monoisotopic (exact) mass is 406 g/mol. The zero-order valence-corrected chi connectivity index (χ0v) is 17.2. The topological polar surface area (TPSA) is 71.9 Å². The number of carbonyl (C=O) groups excluding carboxylic acids is 1. The molecule has 1 aromatic heterocycles. The third kappa shape index (κ3) is 4.22. The SMILES string of the molecule is CCOC(=N)c1cc2c(s1)SCC(=O)N2CCc1ccc(OC)c(OC)c1. The molecule has 8 heteroatoms. The molecule has 2 aromatic rings. The van der Waals surface area contributed by atoms with E-state index in [4.69, 9.17) is 19.6 Å². The number of carbonyl (C=O) groups is 1. The zero-order chi connectivity index (χ0) is 19.4. The highest BCUT2D eigenvalue weighted by atomic mass is 32.2. The summed E-state index contributed by atoms with van der Waals surface area (Å²) < 4.78 is 17.0. The summed E-state index contributed by atoms with van der Waals surface area (Å²) in [5, 5.41) is 8.00. The number of hydrogen-bond acceptors (Lipinski definition) is 7. The predicted molar refractivity (Wildman–Crippen MR) is 109 cm³/mol. The largest absolute Gasteiger partial charge is 0.493 e. The lowest BCUT2D eigenvalue weighted by Gasteiger charge is -2.26. The molecule has 0 bridgehead atoms. The van der Waals surface area contributed by atoms with Crippen LogP contribution in [-0.4, -0.2) is 44.9 Å². The Balaban J connectivity index is 1.78. The van der Waals surface area contributed by atoms with Gasteiger partial charge in [-0.1, -0.05) is 6.07 Å². The Morgan fingerprint density at radius 3 is 2.70 bits per heavy atom. The molecule has 1 N–H and O–H groups in total. The molecular weight excluding hydrogens is 384 g/mol. The predicted octanol–water partition coefficient (Wildman–Crippen LogP) is 3.81. The van der Waals surface area contributed by atoms with E-state index in [2.05, 4.69) is 0 Å². The van der Waals surface area contributed by atoms with Crippen molar-refractivity contribution in [2.24, 2.45) is 0 Å². The lowest BCUT2D eigenvalue weighted by atomic mass is 10.1. The summed E-state index contributed by atoms with van der Waals surface area (Å²) in [7, 11) is 3.22. The first kappa shape index (κ1) is 19.6. The first-order valence-corrected chi connectivity index (χ1v) is 10.4. The molecule has 27 heavy (non-hydrogen) atoms. The number of amides is 1. The van der Waals surface area contributed by atoms with Gasteiger partial charge in [0, 0.05) is 6.54 Å². The molecule has 6 nitrogen and oxygen atoms in total. The molecular formula is C19H22N2O4S2. The summed E-state index contributed by atoms with van der Waals surface area (Å²) in [4.78, 5) is 15.0. The number of nitrogens with one attached hydrogen (secondary N) is 1. The molecule has 0 saturated carbocycles. The fourth-order valence-corrected chi connectivity index (χ4v) is 5.05. The van der Waals surface area contributed by atoms with Gasteiger partial charge in [-0.15, -0.1) is 23.1 Å². The molecule has 0 unspecified atom stereocenters. The highest BCUT2D eigenvalue weighted by molar-refractivity contribution is 8.02. The van der Waals surface area contributed by atoms with Crippen molar-refractivity contribution in [3.63, 3.8) is 0 Å². The van der Waals surface area contributed by atoms with E-state index in [0.29, 0.717) is 36.8 Å². The van der Waals surface area contributed by atoms with E-state index in [1.165, 1.54) is 23.1 Å². The molecule has 0 spiro atoms. The van der Waals surface area contributed by atoms with E-state index in [1.54, 1.807) is 14.2 Å². The summed E-state index contributed by atoms with van der Waals surface area (Å²) in [6, 6.07) is 7.68. The van der Waals surface area contributed by atoms with Gasteiger partial charge in [0.2, 0.25) is 11.8 Å². The zero-order valence-electron chi connectivity index (χ0n) is 15.5. The van der Waals surface area contributed by atoms with Gasteiger partial charge >= 0.3 is 0 Å². The van der Waals surface area contributed by atoms with Gasteiger partial charge in [-0.25, -0.2) is 0 Å². The minimum Gasteiger partial charge on any atom is -0.493 e. The maximum atomic E-state index is 12.5. The van der Waals surface area contributed by atoms with Crippen molar-refractivity contribution in [2.75, 3.05) is 38.0 Å². The van der Waals surface area contributed by atoms with Crippen molar-refractivity contribution in [3.05, 3.63) is 34.7 Å². The minimum absolute atomic E-state index is 0.0836. The molecule has 1 aliphatic rings. The van der Waals surface area contributed by atoms with Gasteiger partial charge in [0.15, 0.2) is 11.5 Å². The lowest BCUT2D eigenvalue weighted by molar-refractivity contribution is -0.116. The van der Waals surface area contributed by atoms with Crippen molar-refractivity contribution in [1.29, 1.82) is 5.41 Å². The lowest BCUT2D eigenvalue weighted by Crippen LogP contribution is -2.36. The number of benzene rings is 1. The molecule has 0 atom stereocenters. The Morgan fingerprint density at radius 2 is 2.00 bits per heavy atom. The highest BCUT2D eigenvalue weighted by Crippen LogP contribution is 2.42. The summed E-state index contributed by atoms with van der Waals surface area (Å²) in [5.74, 6) is 2.02. The number of thioether (sulfide) groups is 1. The third-order valence-electron chi connectivity index (χ3n) is 4.18. The molecule has 144 valence electrons. The second kappa shape index (κ2) is 8.67. The number of fused-ring (bicyclic) bond motifs is 1. The van der Waals surface area contributed by atoms with Crippen LogP contribution in [0.5, 0.6) is 11.5 Å². The van der Waals surface area contributed by atoms with Crippen LogP contribution in [0.15, 0.2) is 28.5 Å². The average molecular weight is 407 g/mol. The number of nitrogens with zero attached hydrogens (tertiary/aromatic N) is 1. The Morgan fingerprint density at radius 1 is 1.22 bits per heavy atom. The van der Waals surface area contributed by atoms with Gasteiger partial charge in [0.25, 0.3) is 0 Å². The number of thiophene rings is 1. The van der Waals surface area contributed by atoms with E-state index in [0.717, 1.165) is 20.3 Å². The molecule has 0 saturated heterocycles. The third-order valence-corrected chi connectivity index (χ3v) is 6.57. The van der Waals surface area contributed by atoms with Crippen LogP contribution in [0.1, 0.15) is 17.4 Å². The first-order valence-electron chi connectivity index (χ1n) is 8.57. The van der Waals surface area contributed by atoms with Crippen LogP contribution in [0.3, 0.4) is 0 Å². The van der Waals surface area contributed by atoms with Gasteiger partial charge < -0.3 is 19.1 Å². The van der Waals surface area contributed by atoms with Crippen LogP contribution < -0.4 is 14.4 Å². The van der Waals surface area contributed by atoms with Crippen LogP contribution in [-0.2, 0) is 16.0 Å². The van der Waals surface area contributed by atoms with E-state index in [9.17, 15) is 4.79 Å². The van der Waals surface area contributed by atoms with Gasteiger partial charge in [-0.3, -0.25) is 10.2 Å². The van der Waals surface area contributed by atoms with Crippen molar-refractivity contribution in [1.82, 2.24) is 0 Å². The second-order valence-electron chi connectivity index (χ2n) is 5.82. The van der Waals surface area contributed by atoms with Crippen LogP contribution >= 0.6 is 23.1 Å². The van der Waals surface area contributed by atoms with Crippen molar-refractivity contribution < 1.29 is 19.0 Å². The molecule has 0 radical (unpaired) electrons. The van der Waals surface area contributed by atoms with Crippen LogP contribution in [0.25, 0.3) is 0 Å². The van der Waals surface area contributed by atoms with E-state index in [-0.39, 0.29) is 11.8 Å². The normalized spacial score (nSPS) is 13.3. The molecule has 2 heterocycles. The summed E-state index contributed by atoms with van der Waals surface area (Å²) >= 11 is 3.03. The number of anilines is 1. The molecule has 1 amide bonds. The van der Waals surface area contributed by atoms with Crippen LogP contribution in [0, 0.1) is 5.41 Å². The van der Waals surface area contributed by atoms with Crippen LogP contribution in [0.2, 0.25) is 0 Å². The Hall–Kier alpha value is -2.19. The Labute approximate surface area is 166 Å². The average Bonchev–Trinajstić information content (AvgIpc) is 3.11. The van der Waals surface area contributed by atoms with Crippen LogP contribution in [0.4, 0.5) is 5.69 Å². The minimum atomic E-state index is 0.0836. The van der Waals surface area contributed by atoms with Crippen molar-refractivity contribution >= 4 is 40.6 Å². The summed E-state index contributed by atoms with van der Waals surface area (Å²) in [6.45, 7) is 2.88. The second-order valence-corrected chi connectivity index (χ2v) is 8.12. The summed E-state index contributed by atoms with van der Waals surface area (Å²) in [6.07, 6.45) is 0.699.